The lowest BCUT2D eigenvalue weighted by atomic mass is 10.1. The van der Waals surface area contributed by atoms with Crippen LogP contribution in [0.3, 0.4) is 0 Å². The first-order valence-electron chi connectivity index (χ1n) is 5.96. The number of para-hydroxylation sites is 1. The van der Waals surface area contributed by atoms with Crippen LogP contribution in [0.25, 0.3) is 0 Å². The van der Waals surface area contributed by atoms with Gasteiger partial charge in [0.15, 0.2) is 0 Å². The summed E-state index contributed by atoms with van der Waals surface area (Å²) in [5.74, 6) is -1.000. The van der Waals surface area contributed by atoms with Gasteiger partial charge in [0.1, 0.15) is 0 Å². The Balaban J connectivity index is 2.34. The Morgan fingerprint density at radius 3 is 2.55 bits per heavy atom. The van der Waals surface area contributed by atoms with Crippen molar-refractivity contribution in [1.82, 2.24) is 0 Å². The van der Waals surface area contributed by atoms with Crippen LogP contribution in [-0.4, -0.2) is 18.1 Å². The van der Waals surface area contributed by atoms with Gasteiger partial charge in [0, 0.05) is 18.6 Å². The van der Waals surface area contributed by atoms with Crippen LogP contribution in [-0.2, 0) is 6.54 Å². The van der Waals surface area contributed by atoms with Crippen LogP contribution < -0.4 is 4.90 Å². The molecule has 0 unspecified atom stereocenters. The highest BCUT2D eigenvalue weighted by Gasteiger charge is 2.16. The first kappa shape index (κ1) is 14.7. The lowest BCUT2D eigenvalue weighted by Gasteiger charge is -2.22. The fourth-order valence-electron chi connectivity index (χ4n) is 2.06. The lowest BCUT2D eigenvalue weighted by molar-refractivity contribution is 0.0697. The Labute approximate surface area is 127 Å². The molecule has 0 aliphatic rings. The van der Waals surface area contributed by atoms with Crippen molar-refractivity contribution in [3.05, 3.63) is 63.6 Å². The monoisotopic (exact) mass is 309 g/mol. The summed E-state index contributed by atoms with van der Waals surface area (Å²) in [6.07, 6.45) is 0. The molecule has 104 valence electrons. The smallest absolute Gasteiger partial charge is 0.337 e. The van der Waals surface area contributed by atoms with Crippen molar-refractivity contribution in [2.24, 2.45) is 0 Å². The highest BCUT2D eigenvalue weighted by molar-refractivity contribution is 6.34. The van der Waals surface area contributed by atoms with E-state index in [9.17, 15) is 9.90 Å². The number of anilines is 1. The molecule has 2 rings (SSSR count). The van der Waals surface area contributed by atoms with Gasteiger partial charge in [-0.2, -0.15) is 0 Å². The van der Waals surface area contributed by atoms with Crippen LogP contribution in [0.4, 0.5) is 5.69 Å². The standard InChI is InChI=1S/C15H13Cl2NO2/c1-18(9-10-4-2-5-11(16)8-10)14-12(15(19)20)6-3-7-13(14)17/h2-8H,9H2,1H3,(H,19,20). The van der Waals surface area contributed by atoms with Crippen LogP contribution in [0.5, 0.6) is 0 Å². The minimum Gasteiger partial charge on any atom is -0.478 e. The fourth-order valence-corrected chi connectivity index (χ4v) is 2.60. The lowest BCUT2D eigenvalue weighted by Crippen LogP contribution is -2.19. The third-order valence-corrected chi connectivity index (χ3v) is 3.45. The molecule has 0 spiro atoms. The van der Waals surface area contributed by atoms with E-state index >= 15 is 0 Å². The van der Waals surface area contributed by atoms with E-state index in [1.807, 2.05) is 18.2 Å². The second-order valence-corrected chi connectivity index (χ2v) is 5.27. The number of hydrogen-bond donors (Lipinski definition) is 1. The average Bonchev–Trinajstić information content (AvgIpc) is 2.38. The molecule has 0 heterocycles. The van der Waals surface area contributed by atoms with Gasteiger partial charge in [-0.15, -0.1) is 0 Å². The topological polar surface area (TPSA) is 40.5 Å². The minimum absolute atomic E-state index is 0.182. The van der Waals surface area contributed by atoms with Crippen molar-refractivity contribution < 1.29 is 9.90 Å². The number of benzene rings is 2. The highest BCUT2D eigenvalue weighted by Crippen LogP contribution is 2.30. The van der Waals surface area contributed by atoms with E-state index in [2.05, 4.69) is 0 Å². The van der Waals surface area contributed by atoms with Crippen molar-refractivity contribution in [2.45, 2.75) is 6.54 Å². The zero-order chi connectivity index (χ0) is 14.7. The predicted molar refractivity (Wildman–Crippen MR) is 82.0 cm³/mol. The molecule has 0 radical (unpaired) electrons. The van der Waals surface area contributed by atoms with Gasteiger partial charge in [-0.05, 0) is 29.8 Å². The Hall–Kier alpha value is -1.71. The number of nitrogens with zero attached hydrogens (tertiary/aromatic N) is 1. The fraction of sp³-hybridized carbons (Fsp3) is 0.133. The molecule has 0 aromatic heterocycles. The summed E-state index contributed by atoms with van der Waals surface area (Å²) in [6, 6.07) is 12.3. The second-order valence-electron chi connectivity index (χ2n) is 4.43. The maximum atomic E-state index is 11.3. The third kappa shape index (κ3) is 3.24. The van der Waals surface area contributed by atoms with Crippen LogP contribution in [0.1, 0.15) is 15.9 Å². The molecule has 0 saturated heterocycles. The van der Waals surface area contributed by atoms with Crippen molar-refractivity contribution in [3.63, 3.8) is 0 Å². The Bertz CT molecular complexity index is 644. The molecular weight excluding hydrogens is 297 g/mol. The number of carboxylic acid groups (broad SMARTS) is 1. The first-order chi connectivity index (χ1) is 9.49. The largest absolute Gasteiger partial charge is 0.478 e. The van der Waals surface area contributed by atoms with Crippen LogP contribution >= 0.6 is 23.2 Å². The third-order valence-electron chi connectivity index (χ3n) is 2.91. The normalized spacial score (nSPS) is 10.3. The summed E-state index contributed by atoms with van der Waals surface area (Å²) in [5, 5.41) is 10.3. The van der Waals surface area contributed by atoms with E-state index in [0.29, 0.717) is 22.3 Å². The molecule has 0 saturated carbocycles. The van der Waals surface area contributed by atoms with E-state index < -0.39 is 5.97 Å². The van der Waals surface area contributed by atoms with Gasteiger partial charge >= 0.3 is 5.97 Å². The number of rotatable bonds is 4. The van der Waals surface area contributed by atoms with E-state index in [0.717, 1.165) is 5.56 Å². The molecule has 0 amide bonds. The summed E-state index contributed by atoms with van der Waals surface area (Å²) in [4.78, 5) is 13.1. The van der Waals surface area contributed by atoms with Crippen molar-refractivity contribution in [3.8, 4) is 0 Å². The molecule has 3 nitrogen and oxygen atoms in total. The maximum Gasteiger partial charge on any atom is 0.337 e. The zero-order valence-corrected chi connectivity index (χ0v) is 12.3. The molecule has 2 aromatic rings. The molecule has 20 heavy (non-hydrogen) atoms. The molecule has 5 heteroatoms. The van der Waals surface area contributed by atoms with Crippen LogP contribution in [0, 0.1) is 0 Å². The summed E-state index contributed by atoms with van der Waals surface area (Å²) < 4.78 is 0. The Morgan fingerprint density at radius 2 is 1.90 bits per heavy atom. The zero-order valence-electron chi connectivity index (χ0n) is 10.8. The van der Waals surface area contributed by atoms with Crippen LogP contribution in [0.2, 0.25) is 10.0 Å². The van der Waals surface area contributed by atoms with Gasteiger partial charge in [-0.3, -0.25) is 0 Å². The second kappa shape index (κ2) is 6.16. The number of aromatic carboxylic acids is 1. The summed E-state index contributed by atoms with van der Waals surface area (Å²) in [5.41, 5.74) is 1.67. The minimum atomic E-state index is -1.000. The summed E-state index contributed by atoms with van der Waals surface area (Å²) >= 11 is 12.1. The van der Waals surface area contributed by atoms with Gasteiger partial charge in [-0.25, -0.2) is 4.79 Å². The molecule has 0 aliphatic heterocycles. The molecule has 0 aliphatic carbocycles. The van der Waals surface area contributed by atoms with E-state index in [-0.39, 0.29) is 5.56 Å². The van der Waals surface area contributed by atoms with Crippen molar-refractivity contribution in [2.75, 3.05) is 11.9 Å². The number of hydrogen-bond acceptors (Lipinski definition) is 2. The van der Waals surface area contributed by atoms with Crippen LogP contribution in [0.15, 0.2) is 42.5 Å². The molecule has 0 fully saturated rings. The van der Waals surface area contributed by atoms with Gasteiger partial charge in [-0.1, -0.05) is 41.4 Å². The SMILES string of the molecule is CN(Cc1cccc(Cl)c1)c1c(Cl)cccc1C(=O)O. The first-order valence-corrected chi connectivity index (χ1v) is 6.72. The van der Waals surface area contributed by atoms with E-state index in [1.165, 1.54) is 6.07 Å². The summed E-state index contributed by atoms with van der Waals surface area (Å²) in [7, 11) is 1.80. The van der Waals surface area contributed by atoms with Gasteiger partial charge in [0.25, 0.3) is 0 Å². The van der Waals surface area contributed by atoms with Gasteiger partial charge < -0.3 is 10.0 Å². The quantitative estimate of drug-likeness (QED) is 0.914. The molecule has 1 N–H and O–H groups in total. The molecule has 0 atom stereocenters. The highest BCUT2D eigenvalue weighted by atomic mass is 35.5. The number of carbonyl (C=O) groups is 1. The maximum absolute atomic E-state index is 11.3. The average molecular weight is 310 g/mol. The number of carboxylic acids is 1. The Morgan fingerprint density at radius 1 is 1.20 bits per heavy atom. The number of halogens is 2. The van der Waals surface area contributed by atoms with Gasteiger partial charge in [0.05, 0.1) is 16.3 Å². The Kier molecular flexibility index (Phi) is 4.53. The van der Waals surface area contributed by atoms with Crippen molar-refractivity contribution >= 4 is 34.9 Å². The van der Waals surface area contributed by atoms with Gasteiger partial charge in [0.2, 0.25) is 0 Å². The molecular formula is C15H13Cl2NO2. The summed E-state index contributed by atoms with van der Waals surface area (Å²) in [6.45, 7) is 0.518. The van der Waals surface area contributed by atoms with E-state index in [4.69, 9.17) is 23.2 Å². The predicted octanol–water partition coefficient (Wildman–Crippen LogP) is 4.33. The molecule has 2 aromatic carbocycles. The molecule has 0 bridgehead atoms. The van der Waals surface area contributed by atoms with Crippen molar-refractivity contribution in [1.29, 1.82) is 0 Å². The van der Waals surface area contributed by atoms with E-state index in [1.54, 1.807) is 30.1 Å².